The van der Waals surface area contributed by atoms with Crippen LogP contribution in [0, 0.1) is 44.3 Å². The van der Waals surface area contributed by atoms with Gasteiger partial charge in [0.15, 0.2) is 15.6 Å². The predicted octanol–water partition coefficient (Wildman–Crippen LogP) is 32.0. The molecule has 8 rings (SSSR count). The summed E-state index contributed by atoms with van der Waals surface area (Å²) in [5.74, 6) is 3.99. The van der Waals surface area contributed by atoms with E-state index in [1.54, 1.807) is 45.0 Å². The minimum absolute atomic E-state index is 0. The summed E-state index contributed by atoms with van der Waals surface area (Å²) in [5, 5.41) is 8.54. The van der Waals surface area contributed by atoms with Crippen LogP contribution in [0.3, 0.4) is 0 Å². The van der Waals surface area contributed by atoms with E-state index in [1.165, 1.54) is 63.4 Å². The lowest BCUT2D eigenvalue weighted by Gasteiger charge is -2.28. The number of sulfone groups is 1. The molecule has 0 aromatic heterocycles. The van der Waals surface area contributed by atoms with Gasteiger partial charge in [-0.15, -0.1) is 0 Å². The molecule has 0 heterocycles. The summed E-state index contributed by atoms with van der Waals surface area (Å²) in [4.78, 5) is 23.9. The summed E-state index contributed by atoms with van der Waals surface area (Å²) >= 11 is 0. The number of ketones is 2. The van der Waals surface area contributed by atoms with E-state index in [4.69, 9.17) is 14.6 Å². The van der Waals surface area contributed by atoms with E-state index >= 15 is 0 Å². The van der Waals surface area contributed by atoms with E-state index in [0.29, 0.717) is 38.3 Å². The molecule has 0 spiro atoms. The summed E-state index contributed by atoms with van der Waals surface area (Å²) in [6.45, 7) is 77.4. The third-order valence-electron chi connectivity index (χ3n) is 14.6. The van der Waals surface area contributed by atoms with Crippen molar-refractivity contribution in [3.05, 3.63) is 199 Å². The lowest BCUT2D eigenvalue weighted by molar-refractivity contribution is -0.131. The maximum Gasteiger partial charge on any atom is 0.183 e. The first-order valence-electron chi connectivity index (χ1n) is 41.7. The Hall–Kier alpha value is -5.83. The van der Waals surface area contributed by atoms with Crippen LogP contribution < -0.4 is 9.47 Å². The van der Waals surface area contributed by atoms with Crippen molar-refractivity contribution in [3.63, 3.8) is 0 Å². The molecule has 0 radical (unpaired) electrons. The number of carbonyl (C=O) groups excluding carboxylic acids is 2. The third kappa shape index (κ3) is 74.7. The topological polar surface area (TPSA) is 107 Å². The van der Waals surface area contributed by atoms with Gasteiger partial charge in [0.25, 0.3) is 0 Å². The Morgan fingerprint density at radius 1 is 0.394 bits per heavy atom. The van der Waals surface area contributed by atoms with Gasteiger partial charge in [-0.1, -0.05) is 419 Å². The molecule has 2 fully saturated rings. The molecule has 0 saturated heterocycles. The van der Waals surface area contributed by atoms with Crippen molar-refractivity contribution in [2.24, 2.45) is 44.3 Å². The average molecular weight is 1540 g/mol. The number of ether oxygens (including phenoxy) is 2. The lowest BCUT2D eigenvalue weighted by Crippen LogP contribution is -2.29. The summed E-state index contributed by atoms with van der Waals surface area (Å²) in [6.07, 6.45) is 17.2. The van der Waals surface area contributed by atoms with Gasteiger partial charge in [-0.25, -0.2) is 8.42 Å². The molecule has 0 amide bonds. The zero-order valence-electron chi connectivity index (χ0n) is 77.4. The van der Waals surface area contributed by atoms with Crippen LogP contribution in [0.25, 0.3) is 0 Å². The Balaban J connectivity index is -0.000000173. The molecule has 2 aliphatic rings. The van der Waals surface area contributed by atoms with Gasteiger partial charge in [0, 0.05) is 22.3 Å². The number of hydrogen-bond donors (Lipinski definition) is 1. The van der Waals surface area contributed by atoms with E-state index in [9.17, 15) is 18.0 Å². The van der Waals surface area contributed by atoms with E-state index in [0.717, 1.165) is 60.8 Å². The second-order valence-corrected chi connectivity index (χ2v) is 37.7. The van der Waals surface area contributed by atoms with Crippen LogP contribution in [0.5, 0.6) is 11.5 Å². The molecular formula is C101H178O7S. The molecule has 1 N–H and O–H groups in total. The standard InChI is InChI=1S/C12H18O.C11H20O.C11H14O.C11H22.C11H16.C10H14O2S.C10H14O.C7H8O.C5H12.6C2H6.CH4/c1-12(2,3)9-10-13-11-7-5-4-6-8-11;2*1-11(2,3)10(12)9-7-5-4-6-8-9;2*1-11(2,3)9-10-7-5-4-6-8-10;1-10(2,3)13(11,12)9-7-5-4-6-8-9;1-10(2,3)11-9-7-5-4-6-8-9;8-6-7-4-2-1-3-5-7;1-5(2,3)4;6*1-2;/h4-8H,9-10H2,1-3H3;9H,4-8H2,1-3H3;4-8H,1-3H3;10H,4-9H2,1-3H3;4-8H,9H2,1-3H3;4-8H,1-3H3;4-8H,1-3H3;1-5,8H,6H2;1-4H3;6*1-2H3;1H4. The quantitative estimate of drug-likeness (QED) is 0.136. The van der Waals surface area contributed by atoms with Gasteiger partial charge in [-0.05, 0) is 149 Å². The summed E-state index contributed by atoms with van der Waals surface area (Å²) < 4.78 is 34.2. The van der Waals surface area contributed by atoms with Crippen LogP contribution in [-0.4, -0.2) is 42.0 Å². The minimum atomic E-state index is -3.18. The van der Waals surface area contributed by atoms with Crippen molar-refractivity contribution in [1.29, 1.82) is 0 Å². The number of aliphatic hydroxyl groups excluding tert-OH is 1. The van der Waals surface area contributed by atoms with Crippen LogP contribution in [0.2, 0.25) is 0 Å². The number of rotatable bonds is 10. The number of carbonyl (C=O) groups is 2. The molecule has 0 unspecified atom stereocenters. The molecule has 0 atom stereocenters. The summed E-state index contributed by atoms with van der Waals surface area (Å²) in [7, 11) is -3.18. The average Bonchev–Trinajstić information content (AvgIpc) is 0.806. The predicted molar refractivity (Wildman–Crippen MR) is 490 cm³/mol. The summed E-state index contributed by atoms with van der Waals surface area (Å²) in [6, 6.07) is 57.9. The SMILES string of the molecule is C.CC.CC.CC.CC.CC.CC.CC(C)(C)C.CC(C)(C)C(=O)C1CCCCC1.CC(C)(C)C(=O)c1ccccc1.CC(C)(C)CC1CCCCC1.CC(C)(C)CCOc1ccccc1.CC(C)(C)Cc1ccccc1.CC(C)(C)Oc1ccccc1.CC(C)(C)S(=O)(=O)c1ccccc1.OCc1ccccc1. The van der Waals surface area contributed by atoms with Gasteiger partial charge in [0.2, 0.25) is 0 Å². The molecule has 109 heavy (non-hydrogen) atoms. The van der Waals surface area contributed by atoms with E-state index < -0.39 is 14.6 Å². The van der Waals surface area contributed by atoms with E-state index in [2.05, 4.69) is 120 Å². The fourth-order valence-electron chi connectivity index (χ4n) is 9.84. The van der Waals surface area contributed by atoms with E-state index in [-0.39, 0.29) is 36.2 Å². The van der Waals surface area contributed by atoms with Gasteiger partial charge in [-0.3, -0.25) is 9.59 Å². The van der Waals surface area contributed by atoms with Crippen molar-refractivity contribution in [3.8, 4) is 11.5 Å². The van der Waals surface area contributed by atoms with Crippen LogP contribution in [0.4, 0.5) is 0 Å². The Kier molecular flexibility index (Phi) is 72.8. The highest BCUT2D eigenvalue weighted by molar-refractivity contribution is 7.92. The first kappa shape index (κ1) is 119. The molecule has 2 saturated carbocycles. The lowest BCUT2D eigenvalue weighted by atomic mass is 9.76. The van der Waals surface area contributed by atoms with Crippen molar-refractivity contribution in [2.45, 2.75) is 369 Å². The second kappa shape index (κ2) is 66.7. The highest BCUT2D eigenvalue weighted by Gasteiger charge is 2.31. The molecule has 7 nitrogen and oxygen atoms in total. The maximum absolute atomic E-state index is 11.9. The van der Waals surface area contributed by atoms with Crippen molar-refractivity contribution in [2.75, 3.05) is 6.61 Å². The molecule has 630 valence electrons. The molecular weight excluding hydrogens is 1360 g/mol. The van der Waals surface area contributed by atoms with Gasteiger partial charge in [0.05, 0.1) is 22.9 Å². The molecule has 6 aromatic carbocycles. The Labute approximate surface area is 679 Å². The molecule has 0 bridgehead atoms. The highest BCUT2D eigenvalue weighted by atomic mass is 32.2. The Morgan fingerprint density at radius 3 is 1.01 bits per heavy atom. The van der Waals surface area contributed by atoms with Crippen molar-refractivity contribution in [1.82, 2.24) is 0 Å². The van der Waals surface area contributed by atoms with Crippen LogP contribution >= 0.6 is 0 Å². The number of para-hydroxylation sites is 2. The van der Waals surface area contributed by atoms with Gasteiger partial charge < -0.3 is 14.6 Å². The largest absolute Gasteiger partial charge is 0.494 e. The number of aliphatic hydroxyl groups is 1. The Morgan fingerprint density at radius 2 is 0.716 bits per heavy atom. The Bertz CT molecular complexity index is 2940. The number of benzene rings is 6. The summed E-state index contributed by atoms with van der Waals surface area (Å²) in [5.41, 5.74) is 4.51. The number of hydrogen-bond acceptors (Lipinski definition) is 7. The first-order chi connectivity index (χ1) is 50.1. The fraction of sp³-hybridized carbons (Fsp3) is 0.624. The smallest absolute Gasteiger partial charge is 0.183 e. The third-order valence-corrected chi connectivity index (χ3v) is 17.1. The van der Waals surface area contributed by atoms with Crippen LogP contribution in [0.15, 0.2) is 187 Å². The number of Topliss-reactive ketones (excluding diaryl/α,β-unsaturated/α-hetero) is 2. The molecule has 8 heteroatoms. The van der Waals surface area contributed by atoms with Crippen molar-refractivity contribution < 1.29 is 32.6 Å². The first-order valence-corrected chi connectivity index (χ1v) is 43.2. The molecule has 2 aliphatic carbocycles. The molecule has 0 aliphatic heterocycles. The highest BCUT2D eigenvalue weighted by Crippen LogP contribution is 2.34. The van der Waals surface area contributed by atoms with Gasteiger partial charge >= 0.3 is 0 Å². The maximum atomic E-state index is 11.9. The second-order valence-electron chi connectivity index (χ2n) is 35.0. The van der Waals surface area contributed by atoms with Crippen LogP contribution in [-0.2, 0) is 27.7 Å². The minimum Gasteiger partial charge on any atom is -0.494 e. The zero-order valence-corrected chi connectivity index (χ0v) is 78.2. The van der Waals surface area contributed by atoms with Gasteiger partial charge in [0.1, 0.15) is 22.9 Å². The molecule has 6 aromatic rings. The zero-order chi connectivity index (χ0) is 85.5. The monoisotopic (exact) mass is 1540 g/mol. The van der Waals surface area contributed by atoms with Crippen molar-refractivity contribution >= 4 is 21.4 Å². The van der Waals surface area contributed by atoms with E-state index in [1.807, 2.05) is 273 Å². The normalized spacial score (nSPS) is 12.5. The fourth-order valence-corrected chi connectivity index (χ4v) is 11.1. The van der Waals surface area contributed by atoms with Crippen LogP contribution in [0.1, 0.15) is 362 Å². The van der Waals surface area contributed by atoms with Gasteiger partial charge in [-0.2, -0.15) is 0 Å².